The predicted octanol–water partition coefficient (Wildman–Crippen LogP) is 7.64. The van der Waals surface area contributed by atoms with E-state index >= 15 is 0 Å². The Morgan fingerprint density at radius 2 is 1.78 bits per heavy atom. The van der Waals surface area contributed by atoms with Gasteiger partial charge in [-0.2, -0.15) is 0 Å². The monoisotopic (exact) mass is 518 g/mol. The molecule has 0 bridgehead atoms. The number of pyridine rings is 1. The van der Waals surface area contributed by atoms with Crippen LogP contribution in [0.5, 0.6) is 0 Å². The number of aryl methyl sites for hydroxylation is 2. The summed E-state index contributed by atoms with van der Waals surface area (Å²) in [6.45, 7) is 10.4. The van der Waals surface area contributed by atoms with Crippen LogP contribution in [0.1, 0.15) is 73.8 Å². The number of nitrogens with zero attached hydrogens (tertiary/aromatic N) is 2. The lowest BCUT2D eigenvalue weighted by Crippen LogP contribution is -2.33. The molecule has 0 aliphatic heterocycles. The van der Waals surface area contributed by atoms with E-state index < -0.39 is 0 Å². The van der Waals surface area contributed by atoms with Gasteiger partial charge in [0.15, 0.2) is 0 Å². The Morgan fingerprint density at radius 3 is 2.46 bits per heavy atom. The molecule has 2 heterocycles. The summed E-state index contributed by atoms with van der Waals surface area (Å²) in [5.41, 5.74) is 7.07. The van der Waals surface area contributed by atoms with Gasteiger partial charge in [-0.25, -0.2) is 0 Å². The number of rotatable bonds is 5. The number of amides is 1. The van der Waals surface area contributed by atoms with Crippen molar-refractivity contribution in [1.82, 2.24) is 15.5 Å². The Labute approximate surface area is 224 Å². The van der Waals surface area contributed by atoms with Crippen molar-refractivity contribution < 1.29 is 9.32 Å². The van der Waals surface area contributed by atoms with E-state index in [2.05, 4.69) is 60.8 Å². The maximum atomic E-state index is 13.5. The topological polar surface area (TPSA) is 80.0 Å². The number of nitrogens with one attached hydrogen (secondary N) is 2. The van der Waals surface area contributed by atoms with E-state index in [9.17, 15) is 4.79 Å². The standard InChI is InChI=1S/C30H34N4O2.ClH/c1-18-27(19(2)36-34-18)20-14-15-22-26(16-20)31-17-23(29(35)32-21-10-6-7-11-21)28(22)33-25-13-9-8-12-24(25)30(3,4)5;/h8-9,12-17,21H,6-7,10-11H2,1-5H3,(H,31,33)(H,32,35);1H. The van der Waals surface area contributed by atoms with Gasteiger partial charge in [0.05, 0.1) is 22.5 Å². The van der Waals surface area contributed by atoms with Gasteiger partial charge in [0, 0.05) is 28.9 Å². The Bertz CT molecular complexity index is 1410. The zero-order valence-electron chi connectivity index (χ0n) is 22.1. The van der Waals surface area contributed by atoms with Crippen molar-refractivity contribution in [3.05, 3.63) is 71.2 Å². The van der Waals surface area contributed by atoms with Crippen LogP contribution in [0.3, 0.4) is 0 Å². The highest BCUT2D eigenvalue weighted by Gasteiger charge is 2.24. The Hall–Kier alpha value is -3.38. The van der Waals surface area contributed by atoms with Gasteiger partial charge in [0.1, 0.15) is 5.76 Å². The molecule has 1 fully saturated rings. The van der Waals surface area contributed by atoms with Crippen molar-refractivity contribution in [2.45, 2.75) is 71.8 Å². The molecular formula is C30H35ClN4O2. The first-order chi connectivity index (χ1) is 17.2. The number of aromatic nitrogens is 2. The maximum absolute atomic E-state index is 13.5. The Morgan fingerprint density at radius 1 is 1.05 bits per heavy atom. The summed E-state index contributed by atoms with van der Waals surface area (Å²) >= 11 is 0. The molecule has 2 N–H and O–H groups in total. The summed E-state index contributed by atoms with van der Waals surface area (Å²) in [5.74, 6) is 0.693. The number of halogens is 1. The van der Waals surface area contributed by atoms with Gasteiger partial charge in [-0.15, -0.1) is 12.4 Å². The lowest BCUT2D eigenvalue weighted by Gasteiger charge is -2.25. The molecule has 0 spiro atoms. The fourth-order valence-electron chi connectivity index (χ4n) is 5.27. The Kier molecular flexibility index (Phi) is 7.60. The summed E-state index contributed by atoms with van der Waals surface area (Å²) < 4.78 is 5.39. The van der Waals surface area contributed by atoms with Crippen molar-refractivity contribution in [3.8, 4) is 11.1 Å². The number of carbonyl (C=O) groups excluding carboxylic acids is 1. The van der Waals surface area contributed by atoms with E-state index in [0.717, 1.165) is 70.5 Å². The molecule has 2 aromatic heterocycles. The molecule has 194 valence electrons. The van der Waals surface area contributed by atoms with Crippen LogP contribution < -0.4 is 10.6 Å². The molecule has 0 radical (unpaired) electrons. The second-order valence-corrected chi connectivity index (χ2v) is 10.9. The number of carbonyl (C=O) groups is 1. The molecular weight excluding hydrogens is 484 g/mol. The van der Waals surface area contributed by atoms with Gasteiger partial charge in [-0.1, -0.05) is 69.1 Å². The van der Waals surface area contributed by atoms with Crippen LogP contribution in [-0.2, 0) is 5.41 Å². The van der Waals surface area contributed by atoms with Crippen LogP contribution in [0.4, 0.5) is 11.4 Å². The van der Waals surface area contributed by atoms with E-state index in [1.54, 1.807) is 6.20 Å². The molecule has 5 rings (SSSR count). The van der Waals surface area contributed by atoms with E-state index in [1.165, 1.54) is 5.56 Å². The quantitative estimate of drug-likeness (QED) is 0.283. The number of hydrogen-bond acceptors (Lipinski definition) is 5. The molecule has 1 amide bonds. The fraction of sp³-hybridized carbons (Fsp3) is 0.367. The molecule has 2 aromatic carbocycles. The van der Waals surface area contributed by atoms with Crippen molar-refractivity contribution in [2.75, 3.05) is 5.32 Å². The number of fused-ring (bicyclic) bond motifs is 1. The summed E-state index contributed by atoms with van der Waals surface area (Å²) in [6, 6.07) is 14.7. The third-order valence-electron chi connectivity index (χ3n) is 7.12. The van der Waals surface area contributed by atoms with Gasteiger partial charge in [0.25, 0.3) is 5.91 Å². The first kappa shape index (κ1) is 26.7. The van der Waals surface area contributed by atoms with Gasteiger partial charge >= 0.3 is 0 Å². The lowest BCUT2D eigenvalue weighted by molar-refractivity contribution is 0.0938. The van der Waals surface area contributed by atoms with E-state index in [0.29, 0.717) is 5.56 Å². The average Bonchev–Trinajstić information content (AvgIpc) is 3.47. The van der Waals surface area contributed by atoms with Crippen molar-refractivity contribution in [2.24, 2.45) is 0 Å². The Balaban J connectivity index is 0.00000320. The second kappa shape index (κ2) is 10.5. The average molecular weight is 519 g/mol. The molecule has 7 heteroatoms. The zero-order valence-corrected chi connectivity index (χ0v) is 23.0. The molecule has 6 nitrogen and oxygen atoms in total. The van der Waals surface area contributed by atoms with Gasteiger partial charge in [0.2, 0.25) is 0 Å². The zero-order chi connectivity index (χ0) is 25.4. The van der Waals surface area contributed by atoms with Crippen molar-refractivity contribution in [3.63, 3.8) is 0 Å². The van der Waals surface area contributed by atoms with Gasteiger partial charge in [-0.3, -0.25) is 9.78 Å². The van der Waals surface area contributed by atoms with Crippen LogP contribution >= 0.6 is 12.4 Å². The lowest BCUT2D eigenvalue weighted by atomic mass is 9.85. The van der Waals surface area contributed by atoms with Crippen LogP contribution in [-0.4, -0.2) is 22.1 Å². The first-order valence-corrected chi connectivity index (χ1v) is 12.8. The smallest absolute Gasteiger partial charge is 0.255 e. The second-order valence-electron chi connectivity index (χ2n) is 10.9. The summed E-state index contributed by atoms with van der Waals surface area (Å²) in [7, 11) is 0. The molecule has 1 saturated carbocycles. The highest BCUT2D eigenvalue weighted by Crippen LogP contribution is 2.37. The number of para-hydroxylation sites is 1. The third-order valence-corrected chi connectivity index (χ3v) is 7.12. The van der Waals surface area contributed by atoms with Gasteiger partial charge in [-0.05, 0) is 55.4 Å². The molecule has 1 aliphatic rings. The van der Waals surface area contributed by atoms with Crippen LogP contribution in [0.25, 0.3) is 22.0 Å². The van der Waals surface area contributed by atoms with E-state index in [1.807, 2.05) is 32.0 Å². The largest absolute Gasteiger partial charge is 0.361 e. The van der Waals surface area contributed by atoms with Gasteiger partial charge < -0.3 is 15.2 Å². The molecule has 0 atom stereocenters. The molecule has 0 saturated heterocycles. The van der Waals surface area contributed by atoms with Crippen molar-refractivity contribution in [1.29, 1.82) is 0 Å². The van der Waals surface area contributed by atoms with Crippen LogP contribution in [0, 0.1) is 13.8 Å². The number of anilines is 2. The van der Waals surface area contributed by atoms with E-state index in [-0.39, 0.29) is 29.8 Å². The molecule has 0 unspecified atom stereocenters. The van der Waals surface area contributed by atoms with E-state index in [4.69, 9.17) is 9.51 Å². The van der Waals surface area contributed by atoms with Crippen LogP contribution in [0.15, 0.2) is 53.2 Å². The summed E-state index contributed by atoms with van der Waals surface area (Å²) in [6.07, 6.45) is 6.09. The first-order valence-electron chi connectivity index (χ1n) is 12.8. The molecule has 4 aromatic rings. The van der Waals surface area contributed by atoms with Crippen LogP contribution in [0.2, 0.25) is 0 Å². The fourth-order valence-corrected chi connectivity index (χ4v) is 5.27. The minimum Gasteiger partial charge on any atom is -0.361 e. The highest BCUT2D eigenvalue weighted by atomic mass is 35.5. The summed E-state index contributed by atoms with van der Waals surface area (Å²) in [5, 5.41) is 11.9. The normalized spacial score (nSPS) is 14.0. The molecule has 37 heavy (non-hydrogen) atoms. The molecule has 1 aliphatic carbocycles. The SMILES string of the molecule is Cc1noc(C)c1-c1ccc2c(Nc3ccccc3C(C)(C)C)c(C(=O)NC3CCCC3)cnc2c1.Cl. The minimum atomic E-state index is -0.0816. The summed E-state index contributed by atoms with van der Waals surface area (Å²) in [4.78, 5) is 18.2. The number of hydrogen-bond donors (Lipinski definition) is 2. The van der Waals surface area contributed by atoms with Crippen molar-refractivity contribution >= 4 is 40.6 Å². The predicted molar refractivity (Wildman–Crippen MR) is 152 cm³/mol. The highest BCUT2D eigenvalue weighted by molar-refractivity contribution is 6.08. The third kappa shape index (κ3) is 5.35. The maximum Gasteiger partial charge on any atom is 0.255 e. The number of benzene rings is 2. The minimum absolute atomic E-state index is 0.